The van der Waals surface area contributed by atoms with Gasteiger partial charge in [0.25, 0.3) is 5.91 Å². The fourth-order valence-electron chi connectivity index (χ4n) is 4.36. The van der Waals surface area contributed by atoms with Crippen LogP contribution in [0.1, 0.15) is 42.1 Å². The summed E-state index contributed by atoms with van der Waals surface area (Å²) in [5, 5.41) is 16.2. The topological polar surface area (TPSA) is 87.7 Å². The highest BCUT2D eigenvalue weighted by Gasteiger charge is 2.23. The second-order valence-electron chi connectivity index (χ2n) is 9.50. The van der Waals surface area contributed by atoms with Gasteiger partial charge < -0.3 is 20.5 Å². The average Bonchev–Trinajstić information content (AvgIpc) is 2.97. The van der Waals surface area contributed by atoms with Crippen LogP contribution in [0.3, 0.4) is 0 Å². The number of unbranched alkanes of at least 4 members (excludes halogenated alkanes) is 2. The van der Waals surface area contributed by atoms with Crippen LogP contribution in [-0.4, -0.2) is 29.6 Å². The summed E-state index contributed by atoms with van der Waals surface area (Å²) < 4.78 is 6.09. The van der Waals surface area contributed by atoms with Crippen LogP contribution in [0.15, 0.2) is 97.1 Å². The molecular weight excluding hydrogens is 524 g/mol. The van der Waals surface area contributed by atoms with Crippen LogP contribution in [0.4, 0.5) is 5.69 Å². The lowest BCUT2D eigenvalue weighted by Gasteiger charge is -2.18. The quantitative estimate of drug-likeness (QED) is 0.146. The van der Waals surface area contributed by atoms with Crippen molar-refractivity contribution in [3.63, 3.8) is 0 Å². The number of carboxylic acids is 1. The Labute approximate surface area is 240 Å². The van der Waals surface area contributed by atoms with Gasteiger partial charge in [0.1, 0.15) is 17.5 Å². The smallest absolute Gasteiger partial charge is 0.326 e. The molecule has 1 amide bonds. The van der Waals surface area contributed by atoms with Gasteiger partial charge in [0, 0.05) is 29.2 Å². The first-order chi connectivity index (χ1) is 19.4. The van der Waals surface area contributed by atoms with Crippen molar-refractivity contribution in [1.29, 1.82) is 0 Å². The molecule has 0 heterocycles. The second kappa shape index (κ2) is 14.2. The molecule has 0 aliphatic rings. The first-order valence-electron chi connectivity index (χ1n) is 13.4. The number of anilines is 1. The number of hydrogen-bond donors (Lipinski definition) is 3. The zero-order valence-electron chi connectivity index (χ0n) is 22.4. The van der Waals surface area contributed by atoms with Crippen LogP contribution in [0, 0.1) is 0 Å². The molecule has 4 aromatic carbocycles. The van der Waals surface area contributed by atoms with Crippen LogP contribution < -0.4 is 15.4 Å². The van der Waals surface area contributed by atoms with E-state index in [9.17, 15) is 14.7 Å². The molecule has 1 atom stereocenters. The molecule has 0 aliphatic heterocycles. The van der Waals surface area contributed by atoms with Crippen LogP contribution in [-0.2, 0) is 11.2 Å². The fraction of sp³-hybridized carbons (Fsp3) is 0.212. The number of carbonyl (C=O) groups is 2. The highest BCUT2D eigenvalue weighted by molar-refractivity contribution is 6.31. The van der Waals surface area contributed by atoms with E-state index in [1.807, 2.05) is 78.9 Å². The summed E-state index contributed by atoms with van der Waals surface area (Å²) >= 11 is 6.16. The van der Waals surface area contributed by atoms with E-state index >= 15 is 0 Å². The maximum atomic E-state index is 13.2. The van der Waals surface area contributed by atoms with Gasteiger partial charge >= 0.3 is 5.97 Å². The van der Waals surface area contributed by atoms with E-state index in [0.29, 0.717) is 22.8 Å². The van der Waals surface area contributed by atoms with E-state index in [2.05, 4.69) is 17.6 Å². The van der Waals surface area contributed by atoms with Crippen molar-refractivity contribution in [3.8, 4) is 22.6 Å². The summed E-state index contributed by atoms with van der Waals surface area (Å²) in [5.41, 5.74) is 3.58. The standard InChI is InChI=1S/C33H33ClN2O4/c1-2-3-9-20-35-29-19-18-25(34)22-28(29)32(37)36-30(33(38)39)21-23-14-16-24(17-15-23)27-12-7-8-13-31(27)40-26-10-5-4-6-11-26/h4-8,10-19,22,30,35H,2-3,9,20-21H2,1H3,(H,36,37)(H,38,39)/t30-/m0/s1. The van der Waals surface area contributed by atoms with E-state index in [0.717, 1.165) is 47.5 Å². The SMILES string of the molecule is CCCCCNc1ccc(Cl)cc1C(=O)N[C@@H](Cc1ccc(-c2ccccc2Oc2ccccc2)cc1)C(=O)O. The first kappa shape index (κ1) is 28.7. The van der Waals surface area contributed by atoms with Gasteiger partial charge in [-0.25, -0.2) is 4.79 Å². The van der Waals surface area contributed by atoms with Crippen molar-refractivity contribution in [1.82, 2.24) is 5.32 Å². The number of ether oxygens (including phenoxy) is 1. The highest BCUT2D eigenvalue weighted by atomic mass is 35.5. The minimum absolute atomic E-state index is 0.128. The Morgan fingerprint density at radius 1 is 0.900 bits per heavy atom. The highest BCUT2D eigenvalue weighted by Crippen LogP contribution is 2.33. The van der Waals surface area contributed by atoms with Gasteiger partial charge in [-0.1, -0.05) is 92.0 Å². The zero-order chi connectivity index (χ0) is 28.3. The molecule has 6 nitrogen and oxygen atoms in total. The third kappa shape index (κ3) is 7.87. The number of rotatable bonds is 13. The lowest BCUT2D eigenvalue weighted by molar-refractivity contribution is -0.139. The molecule has 0 fully saturated rings. The number of para-hydroxylation sites is 2. The fourth-order valence-corrected chi connectivity index (χ4v) is 4.53. The van der Waals surface area contributed by atoms with Crippen LogP contribution in [0.25, 0.3) is 11.1 Å². The Hall–Kier alpha value is -4.29. The largest absolute Gasteiger partial charge is 0.480 e. The lowest BCUT2D eigenvalue weighted by Crippen LogP contribution is -2.42. The van der Waals surface area contributed by atoms with Gasteiger partial charge in [0.05, 0.1) is 5.56 Å². The summed E-state index contributed by atoms with van der Waals surface area (Å²) in [4.78, 5) is 25.3. The Bertz CT molecular complexity index is 1420. The molecule has 0 aliphatic carbocycles. The minimum Gasteiger partial charge on any atom is -0.480 e. The van der Waals surface area contributed by atoms with Crippen LogP contribution in [0.2, 0.25) is 5.02 Å². The van der Waals surface area contributed by atoms with E-state index in [1.54, 1.807) is 18.2 Å². The molecule has 0 saturated heterocycles. The number of amides is 1. The number of nitrogens with one attached hydrogen (secondary N) is 2. The molecule has 206 valence electrons. The number of halogens is 1. The molecule has 0 radical (unpaired) electrons. The molecule has 0 saturated carbocycles. The van der Waals surface area contributed by atoms with Crippen molar-refractivity contribution >= 4 is 29.2 Å². The number of carboxylic acid groups (broad SMARTS) is 1. The van der Waals surface area contributed by atoms with Crippen molar-refractivity contribution < 1.29 is 19.4 Å². The van der Waals surface area contributed by atoms with E-state index in [1.165, 1.54) is 0 Å². The van der Waals surface area contributed by atoms with Crippen molar-refractivity contribution in [3.05, 3.63) is 113 Å². The van der Waals surface area contributed by atoms with Gasteiger partial charge in [-0.05, 0) is 53.9 Å². The van der Waals surface area contributed by atoms with Gasteiger partial charge in [0.15, 0.2) is 0 Å². The lowest BCUT2D eigenvalue weighted by atomic mass is 9.99. The predicted octanol–water partition coefficient (Wildman–Crippen LogP) is 7.83. The van der Waals surface area contributed by atoms with Crippen LogP contribution >= 0.6 is 11.6 Å². The molecule has 0 unspecified atom stereocenters. The van der Waals surface area contributed by atoms with Crippen molar-refractivity contribution in [2.45, 2.75) is 38.6 Å². The molecule has 0 aromatic heterocycles. The van der Waals surface area contributed by atoms with Crippen molar-refractivity contribution in [2.75, 3.05) is 11.9 Å². The third-order valence-electron chi connectivity index (χ3n) is 6.49. The van der Waals surface area contributed by atoms with E-state index < -0.39 is 17.9 Å². The maximum Gasteiger partial charge on any atom is 0.326 e. The Balaban J connectivity index is 1.46. The van der Waals surface area contributed by atoms with Crippen LogP contribution in [0.5, 0.6) is 11.5 Å². The van der Waals surface area contributed by atoms with Gasteiger partial charge in [0.2, 0.25) is 0 Å². The monoisotopic (exact) mass is 556 g/mol. The Morgan fingerprint density at radius 2 is 1.62 bits per heavy atom. The summed E-state index contributed by atoms with van der Waals surface area (Å²) in [7, 11) is 0. The minimum atomic E-state index is -1.11. The number of hydrogen-bond acceptors (Lipinski definition) is 4. The molecule has 0 bridgehead atoms. The molecule has 40 heavy (non-hydrogen) atoms. The van der Waals surface area contributed by atoms with Gasteiger partial charge in [-0.15, -0.1) is 0 Å². The number of benzene rings is 4. The zero-order valence-corrected chi connectivity index (χ0v) is 23.2. The molecular formula is C33H33ClN2O4. The predicted molar refractivity (Wildman–Crippen MR) is 160 cm³/mol. The Kier molecular flexibility index (Phi) is 10.2. The number of aliphatic carboxylic acids is 1. The molecule has 3 N–H and O–H groups in total. The maximum absolute atomic E-state index is 13.2. The van der Waals surface area contributed by atoms with Gasteiger partial charge in [-0.3, -0.25) is 4.79 Å². The normalized spacial score (nSPS) is 11.4. The Morgan fingerprint density at radius 3 is 2.35 bits per heavy atom. The first-order valence-corrected chi connectivity index (χ1v) is 13.8. The van der Waals surface area contributed by atoms with Gasteiger partial charge in [-0.2, -0.15) is 0 Å². The van der Waals surface area contributed by atoms with Crippen molar-refractivity contribution in [2.24, 2.45) is 0 Å². The number of carbonyl (C=O) groups excluding carboxylic acids is 1. The second-order valence-corrected chi connectivity index (χ2v) is 9.94. The summed E-state index contributed by atoms with van der Waals surface area (Å²) in [5.74, 6) is -0.140. The summed E-state index contributed by atoms with van der Waals surface area (Å²) in [6.45, 7) is 2.84. The average molecular weight is 557 g/mol. The summed E-state index contributed by atoms with van der Waals surface area (Å²) in [6, 6.07) is 28.8. The third-order valence-corrected chi connectivity index (χ3v) is 6.72. The van der Waals surface area contributed by atoms with E-state index in [4.69, 9.17) is 16.3 Å². The van der Waals surface area contributed by atoms with E-state index in [-0.39, 0.29) is 6.42 Å². The molecule has 4 aromatic rings. The molecule has 0 spiro atoms. The summed E-state index contributed by atoms with van der Waals surface area (Å²) in [6.07, 6.45) is 3.26. The molecule has 7 heteroatoms. The molecule has 4 rings (SSSR count).